The van der Waals surface area contributed by atoms with Crippen molar-refractivity contribution >= 4 is 17.4 Å². The molecule has 17 heavy (non-hydrogen) atoms. The molecule has 0 aromatic heterocycles. The first-order valence-corrected chi connectivity index (χ1v) is 4.28. The second-order valence-corrected chi connectivity index (χ2v) is 2.83. The number of hydrogen-bond donors (Lipinski definition) is 3. The molecule has 0 radical (unpaired) electrons. The molecule has 0 heterocycles. The Hall–Kier alpha value is -3.06. The summed E-state index contributed by atoms with van der Waals surface area (Å²) in [5.74, 6) is -1.69. The van der Waals surface area contributed by atoms with Gasteiger partial charge in [0, 0.05) is 6.07 Å². The van der Waals surface area contributed by atoms with Gasteiger partial charge >= 0.3 is 5.97 Å². The number of carboxylic acids is 1. The quantitative estimate of drug-likeness (QED) is 0.522. The second-order valence-electron chi connectivity index (χ2n) is 2.83. The maximum atomic E-state index is 10.6. The molecule has 0 unspecified atom stereocenters. The van der Waals surface area contributed by atoms with Gasteiger partial charge in [0.05, 0.1) is 5.69 Å². The number of aromatic hydroxyl groups is 1. The normalized spacial score (nSPS) is 8.59. The molecule has 0 bridgehead atoms. The highest BCUT2D eigenvalue weighted by molar-refractivity contribution is 6.10. The molecule has 0 atom stereocenters. The summed E-state index contributed by atoms with van der Waals surface area (Å²) in [6.45, 7) is 0. The van der Waals surface area contributed by atoms with Crippen LogP contribution in [0.25, 0.3) is 0 Å². The lowest BCUT2D eigenvalue weighted by atomic mass is 10.2. The van der Waals surface area contributed by atoms with Gasteiger partial charge in [0.15, 0.2) is 0 Å². The highest BCUT2D eigenvalue weighted by Crippen LogP contribution is 2.21. The molecular weight excluding hydrogens is 224 g/mol. The van der Waals surface area contributed by atoms with Crippen molar-refractivity contribution in [2.24, 2.45) is 5.10 Å². The lowest BCUT2D eigenvalue weighted by Gasteiger charge is -2.03. The third-order valence-corrected chi connectivity index (χ3v) is 1.74. The average molecular weight is 230 g/mol. The Labute approximate surface area is 95.8 Å². The third-order valence-electron chi connectivity index (χ3n) is 1.74. The van der Waals surface area contributed by atoms with Crippen molar-refractivity contribution in [1.29, 1.82) is 10.5 Å². The monoisotopic (exact) mass is 230 g/mol. The van der Waals surface area contributed by atoms with Crippen LogP contribution in [-0.2, 0) is 0 Å². The largest absolute Gasteiger partial charge is 0.507 e. The van der Waals surface area contributed by atoms with Crippen LogP contribution in [0.3, 0.4) is 0 Å². The minimum Gasteiger partial charge on any atom is -0.507 e. The van der Waals surface area contributed by atoms with Crippen molar-refractivity contribution in [2.75, 3.05) is 5.43 Å². The number of hydrazone groups is 1. The standard InChI is InChI=1S/C10H6N4O3/c11-4-7(5-12)14-13-6-1-2-8(10(16)17)9(15)3-6/h1-3,13,15H,(H,16,17). The van der Waals surface area contributed by atoms with Crippen molar-refractivity contribution < 1.29 is 15.0 Å². The van der Waals surface area contributed by atoms with Gasteiger partial charge in [0.2, 0.25) is 5.71 Å². The highest BCUT2D eigenvalue weighted by atomic mass is 16.4. The summed E-state index contributed by atoms with van der Waals surface area (Å²) < 4.78 is 0. The van der Waals surface area contributed by atoms with Gasteiger partial charge in [-0.25, -0.2) is 4.79 Å². The molecular formula is C10H6N4O3. The lowest BCUT2D eigenvalue weighted by molar-refractivity contribution is 0.0694. The Balaban J connectivity index is 2.94. The molecule has 1 aromatic carbocycles. The molecule has 7 nitrogen and oxygen atoms in total. The number of rotatable bonds is 3. The first-order valence-electron chi connectivity index (χ1n) is 4.28. The van der Waals surface area contributed by atoms with Crippen LogP contribution in [0.15, 0.2) is 23.3 Å². The summed E-state index contributed by atoms with van der Waals surface area (Å²) in [5, 5.41) is 38.2. The smallest absolute Gasteiger partial charge is 0.339 e. The Bertz CT molecular complexity index is 550. The van der Waals surface area contributed by atoms with Gasteiger partial charge in [-0.05, 0) is 12.1 Å². The molecule has 84 valence electrons. The van der Waals surface area contributed by atoms with E-state index in [1.807, 2.05) is 0 Å². The Morgan fingerprint density at radius 2 is 2.00 bits per heavy atom. The molecule has 0 saturated carbocycles. The Morgan fingerprint density at radius 1 is 1.35 bits per heavy atom. The predicted octanol–water partition coefficient (Wildman–Crippen LogP) is 0.905. The molecule has 0 spiro atoms. The maximum Gasteiger partial charge on any atom is 0.339 e. The summed E-state index contributed by atoms with van der Waals surface area (Å²) >= 11 is 0. The molecule has 3 N–H and O–H groups in total. The van der Waals surface area contributed by atoms with Crippen LogP contribution in [-0.4, -0.2) is 21.9 Å². The van der Waals surface area contributed by atoms with Crippen LogP contribution >= 0.6 is 0 Å². The number of carboxylic acid groups (broad SMARTS) is 1. The van der Waals surface area contributed by atoms with E-state index >= 15 is 0 Å². The molecule has 0 aliphatic heterocycles. The van der Waals surface area contributed by atoms with E-state index in [1.165, 1.54) is 24.3 Å². The zero-order valence-corrected chi connectivity index (χ0v) is 8.38. The van der Waals surface area contributed by atoms with E-state index in [-0.39, 0.29) is 17.0 Å². The number of aromatic carboxylic acids is 1. The van der Waals surface area contributed by atoms with E-state index in [4.69, 9.17) is 15.6 Å². The van der Waals surface area contributed by atoms with Crippen LogP contribution in [0.4, 0.5) is 5.69 Å². The number of nitriles is 2. The molecule has 0 fully saturated rings. The Morgan fingerprint density at radius 3 is 2.47 bits per heavy atom. The van der Waals surface area contributed by atoms with E-state index in [1.54, 1.807) is 0 Å². The predicted molar refractivity (Wildman–Crippen MR) is 57.3 cm³/mol. The average Bonchev–Trinajstić information content (AvgIpc) is 2.30. The number of hydrogen-bond acceptors (Lipinski definition) is 6. The van der Waals surface area contributed by atoms with E-state index < -0.39 is 11.7 Å². The SMILES string of the molecule is N#CC(C#N)=NNc1ccc(C(=O)O)c(O)c1. The summed E-state index contributed by atoms with van der Waals surface area (Å²) in [6.07, 6.45) is 0. The van der Waals surface area contributed by atoms with Crippen LogP contribution in [0.2, 0.25) is 0 Å². The molecule has 1 rings (SSSR count). The van der Waals surface area contributed by atoms with Gasteiger partial charge in [-0.1, -0.05) is 0 Å². The van der Waals surface area contributed by atoms with Gasteiger partial charge in [-0.3, -0.25) is 5.43 Å². The summed E-state index contributed by atoms with van der Waals surface area (Å²) in [4.78, 5) is 10.6. The van der Waals surface area contributed by atoms with Gasteiger partial charge in [0.25, 0.3) is 0 Å². The van der Waals surface area contributed by atoms with Crippen molar-refractivity contribution in [3.05, 3.63) is 23.8 Å². The van der Waals surface area contributed by atoms with Crippen LogP contribution in [0.5, 0.6) is 5.75 Å². The molecule has 1 aromatic rings. The fourth-order valence-corrected chi connectivity index (χ4v) is 0.977. The second kappa shape index (κ2) is 5.14. The fraction of sp³-hybridized carbons (Fsp3) is 0. The van der Waals surface area contributed by atoms with Gasteiger partial charge < -0.3 is 10.2 Å². The molecule has 0 aliphatic rings. The van der Waals surface area contributed by atoms with E-state index in [2.05, 4.69) is 10.5 Å². The maximum absolute atomic E-state index is 10.6. The van der Waals surface area contributed by atoms with Crippen molar-refractivity contribution in [3.63, 3.8) is 0 Å². The van der Waals surface area contributed by atoms with Gasteiger partial charge in [-0.2, -0.15) is 15.6 Å². The van der Waals surface area contributed by atoms with Gasteiger partial charge in [0.1, 0.15) is 23.5 Å². The summed E-state index contributed by atoms with van der Waals surface area (Å²) in [7, 11) is 0. The minimum absolute atomic E-state index is 0.250. The number of benzene rings is 1. The molecule has 7 heteroatoms. The lowest BCUT2D eigenvalue weighted by Crippen LogP contribution is -1.99. The first kappa shape index (κ1) is 12.0. The zero-order valence-electron chi connectivity index (χ0n) is 8.38. The minimum atomic E-state index is -1.26. The fourth-order valence-electron chi connectivity index (χ4n) is 0.977. The highest BCUT2D eigenvalue weighted by Gasteiger charge is 2.09. The number of carbonyl (C=O) groups is 1. The summed E-state index contributed by atoms with van der Waals surface area (Å²) in [6, 6.07) is 6.72. The van der Waals surface area contributed by atoms with E-state index in [0.717, 1.165) is 6.07 Å². The van der Waals surface area contributed by atoms with Crippen molar-refractivity contribution in [1.82, 2.24) is 0 Å². The molecule has 0 amide bonds. The zero-order chi connectivity index (χ0) is 12.8. The first-order chi connectivity index (χ1) is 8.08. The van der Waals surface area contributed by atoms with Gasteiger partial charge in [-0.15, -0.1) is 0 Å². The van der Waals surface area contributed by atoms with Crippen LogP contribution in [0, 0.1) is 22.7 Å². The summed E-state index contributed by atoms with van der Waals surface area (Å²) in [5.41, 5.74) is 1.97. The van der Waals surface area contributed by atoms with Crippen molar-refractivity contribution in [2.45, 2.75) is 0 Å². The molecule has 0 saturated heterocycles. The van der Waals surface area contributed by atoms with E-state index in [9.17, 15) is 9.90 Å². The third kappa shape index (κ3) is 2.94. The number of phenols is 1. The van der Waals surface area contributed by atoms with Crippen molar-refractivity contribution in [3.8, 4) is 17.9 Å². The topological polar surface area (TPSA) is 130 Å². The molecule has 0 aliphatic carbocycles. The Kier molecular flexibility index (Phi) is 3.63. The van der Waals surface area contributed by atoms with E-state index in [0.29, 0.717) is 0 Å². The number of anilines is 1. The van der Waals surface area contributed by atoms with Crippen LogP contribution < -0.4 is 5.43 Å². The van der Waals surface area contributed by atoms with Crippen LogP contribution in [0.1, 0.15) is 10.4 Å². The number of nitrogens with one attached hydrogen (secondary N) is 1. The number of nitrogens with zero attached hydrogens (tertiary/aromatic N) is 3.